The van der Waals surface area contributed by atoms with Crippen molar-refractivity contribution in [2.75, 3.05) is 12.4 Å². The number of aromatic nitrogens is 7. The van der Waals surface area contributed by atoms with Gasteiger partial charge in [0.2, 0.25) is 5.95 Å². The molecule has 0 bridgehead atoms. The molecule has 0 spiro atoms. The maximum atomic E-state index is 13.2. The van der Waals surface area contributed by atoms with Crippen molar-refractivity contribution in [2.24, 2.45) is 14.1 Å². The molecular weight excluding hydrogens is 517 g/mol. The quantitative estimate of drug-likeness (QED) is 0.330. The largest absolute Gasteiger partial charge is 0.452 e. The predicted molar refractivity (Wildman–Crippen MR) is 128 cm³/mol. The second-order valence-electron chi connectivity index (χ2n) is 8.06. The number of imidazole rings is 1. The van der Waals surface area contributed by atoms with Crippen LogP contribution in [-0.4, -0.2) is 41.4 Å². The number of ether oxygens (including phenoxy) is 2. The zero-order valence-electron chi connectivity index (χ0n) is 19.5. The van der Waals surface area contributed by atoms with Gasteiger partial charge in [-0.2, -0.15) is 23.3 Å². The molecule has 11 nitrogen and oxygen atoms in total. The molecule has 0 aliphatic heterocycles. The van der Waals surface area contributed by atoms with Gasteiger partial charge in [-0.25, -0.2) is 9.97 Å². The van der Waals surface area contributed by atoms with Gasteiger partial charge in [0.05, 0.1) is 30.3 Å². The summed E-state index contributed by atoms with van der Waals surface area (Å²) in [5, 5.41) is 10.5. The van der Waals surface area contributed by atoms with Crippen molar-refractivity contribution in [2.45, 2.75) is 12.8 Å². The summed E-state index contributed by atoms with van der Waals surface area (Å²) in [6.45, 7) is 0.277. The van der Waals surface area contributed by atoms with Gasteiger partial charge < -0.3 is 23.9 Å². The van der Waals surface area contributed by atoms with E-state index >= 15 is 0 Å². The second kappa shape index (κ2) is 9.05. The fourth-order valence-corrected chi connectivity index (χ4v) is 4.04. The number of hydrogen-bond acceptors (Lipinski definition) is 8. The van der Waals surface area contributed by atoms with Crippen molar-refractivity contribution >= 4 is 45.4 Å². The minimum absolute atomic E-state index is 0.0589. The molecule has 0 aromatic carbocycles. The standard InChI is InChI=1S/C22H18ClF3N8O3/c1-33-8-10(22(24,25)26)4-13(20(33)35)29-21-30-19-17(34(21)2)16(23)15(7-28-19)37-11-5-12-14(9-36-3)31-32-18(12)27-6-11/h4-8H,9H2,1-3H3,(H,27,31,32)(H,28,29,30). The molecule has 0 amide bonds. The number of alkyl halides is 3. The highest BCUT2D eigenvalue weighted by Crippen LogP contribution is 2.36. The number of aromatic amines is 1. The van der Waals surface area contributed by atoms with Gasteiger partial charge in [-0.05, 0) is 12.1 Å². The first-order valence-corrected chi connectivity index (χ1v) is 11.0. The van der Waals surface area contributed by atoms with E-state index in [9.17, 15) is 18.0 Å². The minimum Gasteiger partial charge on any atom is -0.452 e. The Morgan fingerprint density at radius 2 is 1.97 bits per heavy atom. The fourth-order valence-electron chi connectivity index (χ4n) is 3.74. The van der Waals surface area contributed by atoms with Crippen LogP contribution in [0.2, 0.25) is 5.02 Å². The van der Waals surface area contributed by atoms with E-state index in [1.807, 2.05) is 0 Å². The van der Waals surface area contributed by atoms with Gasteiger partial charge in [0.1, 0.15) is 22.0 Å². The van der Waals surface area contributed by atoms with Crippen LogP contribution in [0.15, 0.2) is 35.5 Å². The molecule has 0 aliphatic carbocycles. The van der Waals surface area contributed by atoms with Gasteiger partial charge in [-0.15, -0.1) is 0 Å². The van der Waals surface area contributed by atoms with E-state index in [1.165, 1.54) is 24.0 Å². The maximum absolute atomic E-state index is 13.2. The molecule has 0 unspecified atom stereocenters. The van der Waals surface area contributed by atoms with E-state index in [2.05, 4.69) is 30.5 Å². The number of rotatable bonds is 6. The maximum Gasteiger partial charge on any atom is 0.417 e. The highest BCUT2D eigenvalue weighted by atomic mass is 35.5. The van der Waals surface area contributed by atoms with Crippen LogP contribution in [0.3, 0.4) is 0 Å². The number of hydrogen-bond donors (Lipinski definition) is 2. The molecule has 5 aromatic rings. The Bertz CT molecular complexity index is 1710. The zero-order chi connectivity index (χ0) is 26.5. The summed E-state index contributed by atoms with van der Waals surface area (Å²) in [7, 11) is 4.35. The number of fused-ring (bicyclic) bond motifs is 2. The van der Waals surface area contributed by atoms with Crippen molar-refractivity contribution in [1.29, 1.82) is 0 Å². The Kier molecular flexibility index (Phi) is 6.00. The molecule has 0 saturated heterocycles. The lowest BCUT2D eigenvalue weighted by molar-refractivity contribution is -0.138. The van der Waals surface area contributed by atoms with Crippen LogP contribution in [-0.2, 0) is 31.6 Å². The first-order valence-electron chi connectivity index (χ1n) is 10.6. The molecule has 37 heavy (non-hydrogen) atoms. The van der Waals surface area contributed by atoms with Gasteiger partial charge in [0, 0.05) is 32.8 Å². The smallest absolute Gasteiger partial charge is 0.417 e. The fraction of sp³-hybridized carbons (Fsp3) is 0.227. The SMILES string of the molecule is COCc1n[nH]c2ncc(Oc3cnc4nc(Nc5cc(C(F)(F)F)cn(C)c5=O)n(C)c4c3Cl)cc12. The van der Waals surface area contributed by atoms with Crippen LogP contribution < -0.4 is 15.6 Å². The average Bonchev–Trinajstić information content (AvgIpc) is 3.39. The number of nitrogens with zero attached hydrogens (tertiary/aromatic N) is 6. The van der Waals surface area contributed by atoms with Crippen molar-refractivity contribution < 1.29 is 22.6 Å². The second-order valence-corrected chi connectivity index (χ2v) is 8.43. The van der Waals surface area contributed by atoms with Crippen molar-refractivity contribution in [3.63, 3.8) is 0 Å². The first-order chi connectivity index (χ1) is 17.6. The Morgan fingerprint density at radius 3 is 2.70 bits per heavy atom. The summed E-state index contributed by atoms with van der Waals surface area (Å²) in [5.74, 6) is 0.614. The Morgan fingerprint density at radius 1 is 1.19 bits per heavy atom. The van der Waals surface area contributed by atoms with Gasteiger partial charge in [-0.1, -0.05) is 11.6 Å². The van der Waals surface area contributed by atoms with Crippen molar-refractivity contribution in [3.05, 3.63) is 57.4 Å². The number of H-pyrrole nitrogens is 1. The number of aryl methyl sites for hydroxylation is 2. The minimum atomic E-state index is -4.63. The number of pyridine rings is 3. The molecular formula is C22H18ClF3N8O3. The third-order valence-electron chi connectivity index (χ3n) is 5.54. The molecule has 0 fully saturated rings. The van der Waals surface area contributed by atoms with Gasteiger partial charge in [-0.3, -0.25) is 9.89 Å². The molecule has 0 saturated carbocycles. The summed E-state index contributed by atoms with van der Waals surface area (Å²) in [6.07, 6.45) is -1.07. The normalized spacial score (nSPS) is 12.0. The lowest BCUT2D eigenvalue weighted by Gasteiger charge is -2.12. The molecule has 2 N–H and O–H groups in total. The van der Waals surface area contributed by atoms with Crippen molar-refractivity contribution in [3.8, 4) is 11.5 Å². The monoisotopic (exact) mass is 534 g/mol. The summed E-state index contributed by atoms with van der Waals surface area (Å²) >= 11 is 6.61. The number of methoxy groups -OCH3 is 1. The molecule has 192 valence electrons. The van der Waals surface area contributed by atoms with Gasteiger partial charge >= 0.3 is 6.18 Å². The summed E-state index contributed by atoms with van der Waals surface area (Å²) in [6, 6.07) is 2.45. The zero-order valence-corrected chi connectivity index (χ0v) is 20.3. The van der Waals surface area contributed by atoms with Crippen LogP contribution >= 0.6 is 11.6 Å². The number of anilines is 2. The lowest BCUT2D eigenvalue weighted by Crippen LogP contribution is -2.23. The molecule has 15 heteroatoms. The Hall–Kier alpha value is -4.17. The third-order valence-corrected chi connectivity index (χ3v) is 5.91. The van der Waals surface area contributed by atoms with E-state index in [-0.39, 0.29) is 34.7 Å². The van der Waals surface area contributed by atoms with Gasteiger partial charge in [0.25, 0.3) is 5.56 Å². The Balaban J connectivity index is 1.50. The van der Waals surface area contributed by atoms with Crippen LogP contribution in [0.25, 0.3) is 22.2 Å². The predicted octanol–water partition coefficient (Wildman–Crippen LogP) is 4.29. The number of halogens is 4. The van der Waals surface area contributed by atoms with E-state index in [1.54, 1.807) is 20.2 Å². The third kappa shape index (κ3) is 4.44. The number of nitrogens with one attached hydrogen (secondary N) is 2. The summed E-state index contributed by atoms with van der Waals surface area (Å²) in [5.41, 5.74) is -0.229. The van der Waals surface area contributed by atoms with Crippen LogP contribution in [0.1, 0.15) is 11.3 Å². The van der Waals surface area contributed by atoms with E-state index < -0.39 is 17.3 Å². The lowest BCUT2D eigenvalue weighted by atomic mass is 10.2. The molecule has 5 aromatic heterocycles. The van der Waals surface area contributed by atoms with Crippen LogP contribution in [0, 0.1) is 0 Å². The van der Waals surface area contributed by atoms with Crippen LogP contribution in [0.4, 0.5) is 24.8 Å². The van der Waals surface area contributed by atoms with Crippen LogP contribution in [0.5, 0.6) is 11.5 Å². The van der Waals surface area contributed by atoms with E-state index in [0.717, 1.165) is 16.8 Å². The Labute approximate surface area is 210 Å². The van der Waals surface area contributed by atoms with Crippen molar-refractivity contribution in [1.82, 2.24) is 34.3 Å². The molecule has 0 aliphatic rings. The highest BCUT2D eigenvalue weighted by molar-refractivity contribution is 6.36. The topological polar surface area (TPSA) is 125 Å². The van der Waals surface area contributed by atoms with Gasteiger partial charge in [0.15, 0.2) is 17.0 Å². The molecule has 5 heterocycles. The molecule has 0 radical (unpaired) electrons. The molecule has 5 rings (SSSR count). The molecule has 0 atom stereocenters. The van der Waals surface area contributed by atoms with E-state index in [0.29, 0.717) is 28.0 Å². The summed E-state index contributed by atoms with van der Waals surface area (Å²) in [4.78, 5) is 25.3. The summed E-state index contributed by atoms with van der Waals surface area (Å²) < 4.78 is 53.1. The highest BCUT2D eigenvalue weighted by Gasteiger charge is 2.32. The first kappa shape index (κ1) is 24.5. The average molecular weight is 535 g/mol. The van der Waals surface area contributed by atoms with E-state index in [4.69, 9.17) is 21.1 Å².